The second-order valence-corrected chi connectivity index (χ2v) is 10.0. The van der Waals surface area contributed by atoms with Crippen LogP contribution in [0.3, 0.4) is 0 Å². The standard InChI is InChI=1S/C19H27NO3S/c1-13-4-6-15(7-5-13)24(21,22)12-14(2)20-17-16-8-11-23-18(16)19(17)9-3-10-19/h4-7,14,16-18,20H,3,8-12H2,1-2H3/t14-,16-,17+,18+/m0/s1. The van der Waals surface area contributed by atoms with Crippen molar-refractivity contribution in [3.05, 3.63) is 29.8 Å². The summed E-state index contributed by atoms with van der Waals surface area (Å²) in [4.78, 5) is 0.427. The van der Waals surface area contributed by atoms with Crippen molar-refractivity contribution in [2.75, 3.05) is 12.4 Å². The highest BCUT2D eigenvalue weighted by Gasteiger charge is 2.66. The van der Waals surface area contributed by atoms with Crippen LogP contribution < -0.4 is 5.32 Å². The van der Waals surface area contributed by atoms with Gasteiger partial charge >= 0.3 is 0 Å². The molecular weight excluding hydrogens is 322 g/mol. The number of fused-ring (bicyclic) bond motifs is 2. The summed E-state index contributed by atoms with van der Waals surface area (Å²) < 4.78 is 31.2. The minimum atomic E-state index is -3.25. The quantitative estimate of drug-likeness (QED) is 0.888. The van der Waals surface area contributed by atoms with Gasteiger partial charge < -0.3 is 10.1 Å². The zero-order valence-corrected chi connectivity index (χ0v) is 15.3. The zero-order valence-electron chi connectivity index (χ0n) is 14.5. The lowest BCUT2D eigenvalue weighted by Gasteiger charge is -2.64. The topological polar surface area (TPSA) is 55.4 Å². The lowest BCUT2D eigenvalue weighted by molar-refractivity contribution is -0.177. The van der Waals surface area contributed by atoms with Gasteiger partial charge in [0, 0.05) is 30.0 Å². The molecule has 5 heteroatoms. The fourth-order valence-electron chi connectivity index (χ4n) is 5.02. The molecule has 2 aliphatic carbocycles. The predicted molar refractivity (Wildman–Crippen MR) is 93.7 cm³/mol. The number of hydrogen-bond donors (Lipinski definition) is 1. The first kappa shape index (κ1) is 16.6. The summed E-state index contributed by atoms with van der Waals surface area (Å²) in [6.45, 7) is 4.84. The first-order chi connectivity index (χ1) is 11.4. The van der Waals surface area contributed by atoms with Crippen LogP contribution in [0, 0.1) is 18.3 Å². The van der Waals surface area contributed by atoms with Crippen LogP contribution in [0.25, 0.3) is 0 Å². The average Bonchev–Trinajstić information content (AvgIpc) is 2.88. The van der Waals surface area contributed by atoms with Gasteiger partial charge in [0.2, 0.25) is 0 Å². The SMILES string of the molecule is Cc1ccc(S(=O)(=O)C[C@H](C)N[C@@H]2[C@@H]3CCO[C@H]3C23CCC3)cc1. The van der Waals surface area contributed by atoms with Crippen molar-refractivity contribution < 1.29 is 13.2 Å². The molecule has 0 bridgehead atoms. The third-order valence-electron chi connectivity index (χ3n) is 6.35. The molecule has 4 rings (SSSR count). The Morgan fingerprint density at radius 1 is 1.29 bits per heavy atom. The maximum Gasteiger partial charge on any atom is 0.179 e. The van der Waals surface area contributed by atoms with E-state index in [2.05, 4.69) is 5.32 Å². The van der Waals surface area contributed by atoms with Gasteiger partial charge in [-0.1, -0.05) is 24.1 Å². The molecule has 3 fully saturated rings. The summed E-state index contributed by atoms with van der Waals surface area (Å²) in [5, 5.41) is 3.66. The molecule has 0 unspecified atom stereocenters. The van der Waals surface area contributed by atoms with Crippen LogP contribution >= 0.6 is 0 Å². The molecule has 1 aromatic carbocycles. The molecule has 3 aliphatic rings. The zero-order chi connectivity index (χ0) is 16.9. The molecule has 1 N–H and O–H groups in total. The molecule has 0 amide bonds. The van der Waals surface area contributed by atoms with E-state index >= 15 is 0 Å². The maximum absolute atomic E-state index is 12.6. The van der Waals surface area contributed by atoms with Gasteiger partial charge in [-0.2, -0.15) is 0 Å². The van der Waals surface area contributed by atoms with E-state index in [4.69, 9.17) is 4.74 Å². The van der Waals surface area contributed by atoms with Crippen molar-refractivity contribution in [3.8, 4) is 0 Å². The molecular formula is C19H27NO3S. The lowest BCUT2D eigenvalue weighted by Crippen LogP contribution is -2.72. The second kappa shape index (κ2) is 5.82. The Bertz CT molecular complexity index is 709. The summed E-state index contributed by atoms with van der Waals surface area (Å²) in [7, 11) is -3.25. The van der Waals surface area contributed by atoms with E-state index < -0.39 is 9.84 Å². The number of sulfone groups is 1. The number of ether oxygens (including phenoxy) is 1. The maximum atomic E-state index is 12.6. The fourth-order valence-corrected chi connectivity index (χ4v) is 6.52. The molecule has 24 heavy (non-hydrogen) atoms. The number of nitrogens with one attached hydrogen (secondary N) is 1. The number of benzene rings is 1. The Balaban J connectivity index is 1.43. The molecule has 0 radical (unpaired) electrons. The molecule has 1 aromatic rings. The van der Waals surface area contributed by atoms with Gasteiger partial charge in [0.05, 0.1) is 16.8 Å². The van der Waals surface area contributed by atoms with Crippen LogP contribution in [-0.2, 0) is 14.6 Å². The van der Waals surface area contributed by atoms with Gasteiger partial charge in [-0.15, -0.1) is 0 Å². The van der Waals surface area contributed by atoms with Gasteiger partial charge in [0.25, 0.3) is 0 Å². The average molecular weight is 349 g/mol. The number of rotatable bonds is 5. The monoisotopic (exact) mass is 349 g/mol. The van der Waals surface area contributed by atoms with Crippen molar-refractivity contribution in [2.45, 2.75) is 62.6 Å². The first-order valence-corrected chi connectivity index (χ1v) is 10.7. The molecule has 2 saturated carbocycles. The lowest BCUT2D eigenvalue weighted by atomic mass is 9.46. The highest BCUT2D eigenvalue weighted by Crippen LogP contribution is 2.62. The molecule has 132 valence electrons. The highest BCUT2D eigenvalue weighted by atomic mass is 32.2. The molecule has 1 saturated heterocycles. The fraction of sp³-hybridized carbons (Fsp3) is 0.684. The van der Waals surface area contributed by atoms with Gasteiger partial charge in [-0.05, 0) is 45.2 Å². The van der Waals surface area contributed by atoms with Crippen molar-refractivity contribution in [1.29, 1.82) is 0 Å². The van der Waals surface area contributed by atoms with E-state index in [1.54, 1.807) is 12.1 Å². The molecule has 0 aromatic heterocycles. The van der Waals surface area contributed by atoms with Gasteiger partial charge in [-0.25, -0.2) is 8.42 Å². The van der Waals surface area contributed by atoms with Crippen molar-refractivity contribution in [2.24, 2.45) is 11.3 Å². The normalized spacial score (nSPS) is 32.0. The van der Waals surface area contributed by atoms with Gasteiger partial charge in [0.1, 0.15) is 0 Å². The van der Waals surface area contributed by atoms with Crippen LogP contribution in [0.5, 0.6) is 0 Å². The largest absolute Gasteiger partial charge is 0.377 e. The highest BCUT2D eigenvalue weighted by molar-refractivity contribution is 7.91. The predicted octanol–water partition coefficient (Wildman–Crippen LogP) is 2.70. The summed E-state index contributed by atoms with van der Waals surface area (Å²) in [6, 6.07) is 7.55. The van der Waals surface area contributed by atoms with Crippen LogP contribution in [-0.4, -0.2) is 39.0 Å². The van der Waals surface area contributed by atoms with Gasteiger partial charge in [-0.3, -0.25) is 0 Å². The summed E-state index contributed by atoms with van der Waals surface area (Å²) in [6.07, 6.45) is 5.26. The van der Waals surface area contributed by atoms with Crippen molar-refractivity contribution >= 4 is 9.84 Å². The third kappa shape index (κ3) is 2.52. The Hall–Kier alpha value is -0.910. The smallest absolute Gasteiger partial charge is 0.179 e. The Kier molecular flexibility index (Phi) is 4.01. The minimum absolute atomic E-state index is 0.0414. The van der Waals surface area contributed by atoms with Crippen molar-refractivity contribution in [1.82, 2.24) is 5.32 Å². The van der Waals surface area contributed by atoms with Crippen LogP contribution in [0.4, 0.5) is 0 Å². The van der Waals surface area contributed by atoms with E-state index in [1.165, 1.54) is 19.3 Å². The molecule has 1 heterocycles. The Morgan fingerprint density at radius 2 is 2.00 bits per heavy atom. The van der Waals surface area contributed by atoms with Crippen LogP contribution in [0.15, 0.2) is 29.2 Å². The number of hydrogen-bond acceptors (Lipinski definition) is 4. The van der Waals surface area contributed by atoms with Crippen LogP contribution in [0.2, 0.25) is 0 Å². The van der Waals surface area contributed by atoms with E-state index in [0.717, 1.165) is 18.6 Å². The van der Waals surface area contributed by atoms with E-state index in [0.29, 0.717) is 28.4 Å². The molecule has 1 spiro atoms. The summed E-state index contributed by atoms with van der Waals surface area (Å²) in [5.74, 6) is 0.732. The number of aryl methyl sites for hydroxylation is 1. The van der Waals surface area contributed by atoms with Gasteiger partial charge in [0.15, 0.2) is 9.84 Å². The second-order valence-electron chi connectivity index (χ2n) is 7.97. The Labute approximate surface area is 144 Å². The third-order valence-corrected chi connectivity index (χ3v) is 8.28. The molecule has 4 atom stereocenters. The van der Waals surface area contributed by atoms with E-state index in [1.807, 2.05) is 26.0 Å². The molecule has 4 nitrogen and oxygen atoms in total. The summed E-state index contributed by atoms with van der Waals surface area (Å²) >= 11 is 0. The minimum Gasteiger partial charge on any atom is -0.377 e. The van der Waals surface area contributed by atoms with Crippen LogP contribution in [0.1, 0.15) is 38.2 Å². The first-order valence-electron chi connectivity index (χ1n) is 9.09. The summed E-state index contributed by atoms with van der Waals surface area (Å²) in [5.41, 5.74) is 1.37. The van der Waals surface area contributed by atoms with E-state index in [9.17, 15) is 8.42 Å². The Morgan fingerprint density at radius 3 is 2.62 bits per heavy atom. The van der Waals surface area contributed by atoms with E-state index in [-0.39, 0.29) is 11.8 Å². The molecule has 1 aliphatic heterocycles. The van der Waals surface area contributed by atoms with Crippen molar-refractivity contribution in [3.63, 3.8) is 0 Å².